The quantitative estimate of drug-likeness (QED) is 0.595. The van der Waals surface area contributed by atoms with Gasteiger partial charge in [0.25, 0.3) is 0 Å². The highest BCUT2D eigenvalue weighted by atomic mass is 16.1. The van der Waals surface area contributed by atoms with Gasteiger partial charge in [0.15, 0.2) is 5.78 Å². The standard InChI is InChI=1S/C21H28O/c1-13-11-18(21(6,7)8)19(14(2)22)16-10-9-15(12-17(13)16)20(3,4)5/h9-12H,1-8H3. The van der Waals surface area contributed by atoms with E-state index in [4.69, 9.17) is 0 Å². The highest BCUT2D eigenvalue weighted by Crippen LogP contribution is 2.36. The molecule has 2 rings (SSSR count). The third-order valence-corrected chi connectivity index (χ3v) is 4.37. The van der Waals surface area contributed by atoms with E-state index in [0.29, 0.717) is 0 Å². The maximum Gasteiger partial charge on any atom is 0.160 e. The molecule has 118 valence electrons. The number of carbonyl (C=O) groups excluding carboxylic acids is 1. The Labute approximate surface area is 134 Å². The summed E-state index contributed by atoms with van der Waals surface area (Å²) in [5.74, 6) is 0.151. The Balaban J connectivity index is 2.91. The third kappa shape index (κ3) is 2.95. The van der Waals surface area contributed by atoms with Gasteiger partial charge in [0, 0.05) is 5.56 Å². The van der Waals surface area contributed by atoms with Crippen molar-refractivity contribution < 1.29 is 4.79 Å². The lowest BCUT2D eigenvalue weighted by Gasteiger charge is -2.26. The summed E-state index contributed by atoms with van der Waals surface area (Å²) in [6.45, 7) is 17.0. The topological polar surface area (TPSA) is 17.1 Å². The van der Waals surface area contributed by atoms with Crippen LogP contribution in [0.5, 0.6) is 0 Å². The number of rotatable bonds is 1. The molecule has 2 aromatic rings. The first kappa shape index (κ1) is 16.7. The van der Waals surface area contributed by atoms with E-state index < -0.39 is 0 Å². The molecular formula is C21H28O. The SMILES string of the molecule is CC(=O)c1c(C(C)(C)C)cc(C)c2cc(C(C)(C)C)ccc12. The summed E-state index contributed by atoms with van der Waals surface area (Å²) in [6, 6.07) is 8.75. The van der Waals surface area contributed by atoms with E-state index >= 15 is 0 Å². The average molecular weight is 296 g/mol. The summed E-state index contributed by atoms with van der Waals surface area (Å²) in [5, 5.41) is 2.29. The van der Waals surface area contributed by atoms with Gasteiger partial charge >= 0.3 is 0 Å². The third-order valence-electron chi connectivity index (χ3n) is 4.37. The zero-order valence-electron chi connectivity index (χ0n) is 15.2. The molecule has 0 amide bonds. The predicted molar refractivity (Wildman–Crippen MR) is 96.1 cm³/mol. The van der Waals surface area contributed by atoms with E-state index in [1.165, 1.54) is 16.5 Å². The monoisotopic (exact) mass is 296 g/mol. The highest BCUT2D eigenvalue weighted by Gasteiger charge is 2.24. The van der Waals surface area contributed by atoms with Gasteiger partial charge in [0.1, 0.15) is 0 Å². The van der Waals surface area contributed by atoms with Gasteiger partial charge in [-0.3, -0.25) is 4.79 Å². The Kier molecular flexibility index (Phi) is 3.97. The van der Waals surface area contributed by atoms with Gasteiger partial charge < -0.3 is 0 Å². The van der Waals surface area contributed by atoms with Crippen LogP contribution < -0.4 is 0 Å². The summed E-state index contributed by atoms with van der Waals surface area (Å²) in [5.41, 5.74) is 4.65. The molecule has 1 nitrogen and oxygen atoms in total. The van der Waals surface area contributed by atoms with E-state index in [9.17, 15) is 4.79 Å². The first-order chi connectivity index (χ1) is 9.93. The van der Waals surface area contributed by atoms with Crippen molar-refractivity contribution >= 4 is 16.6 Å². The molecule has 0 aromatic heterocycles. The van der Waals surface area contributed by atoms with Crippen LogP contribution in [0.1, 0.15) is 75.5 Å². The number of hydrogen-bond donors (Lipinski definition) is 0. The Morgan fingerprint density at radius 2 is 1.45 bits per heavy atom. The van der Waals surface area contributed by atoms with Crippen LogP contribution in [0.3, 0.4) is 0 Å². The molecule has 0 heterocycles. The molecule has 0 fully saturated rings. The molecule has 0 unspecified atom stereocenters. The van der Waals surface area contributed by atoms with E-state index in [-0.39, 0.29) is 16.6 Å². The van der Waals surface area contributed by atoms with Crippen molar-refractivity contribution in [1.29, 1.82) is 0 Å². The van der Waals surface area contributed by atoms with Crippen LogP contribution in [-0.4, -0.2) is 5.78 Å². The normalized spacial score (nSPS) is 12.7. The van der Waals surface area contributed by atoms with Crippen molar-refractivity contribution in [2.45, 2.75) is 66.2 Å². The van der Waals surface area contributed by atoms with Crippen molar-refractivity contribution in [3.05, 3.63) is 46.5 Å². The van der Waals surface area contributed by atoms with Crippen molar-refractivity contribution in [3.63, 3.8) is 0 Å². The van der Waals surface area contributed by atoms with E-state index in [2.05, 4.69) is 72.7 Å². The molecule has 0 atom stereocenters. The first-order valence-corrected chi connectivity index (χ1v) is 8.02. The number of fused-ring (bicyclic) bond motifs is 1. The van der Waals surface area contributed by atoms with Gasteiger partial charge in [0.05, 0.1) is 0 Å². The van der Waals surface area contributed by atoms with E-state index in [0.717, 1.165) is 16.5 Å². The first-order valence-electron chi connectivity index (χ1n) is 8.02. The summed E-state index contributed by atoms with van der Waals surface area (Å²) in [4.78, 5) is 12.3. The van der Waals surface area contributed by atoms with Crippen molar-refractivity contribution in [3.8, 4) is 0 Å². The van der Waals surface area contributed by atoms with Crippen LogP contribution in [0, 0.1) is 6.92 Å². The number of aryl methyl sites for hydroxylation is 1. The van der Waals surface area contributed by atoms with E-state index in [1.807, 2.05) is 0 Å². The molecule has 0 bridgehead atoms. The van der Waals surface area contributed by atoms with Crippen molar-refractivity contribution in [2.24, 2.45) is 0 Å². The molecule has 0 aliphatic carbocycles. The number of hydrogen-bond acceptors (Lipinski definition) is 1. The van der Waals surface area contributed by atoms with Gasteiger partial charge in [-0.05, 0) is 52.1 Å². The number of benzene rings is 2. The number of ketones is 1. The summed E-state index contributed by atoms with van der Waals surface area (Å²) in [7, 11) is 0. The van der Waals surface area contributed by atoms with Crippen LogP contribution in [0.25, 0.3) is 10.8 Å². The molecule has 0 aliphatic rings. The molecule has 0 spiro atoms. The fourth-order valence-electron chi connectivity index (χ4n) is 3.04. The molecule has 0 saturated heterocycles. The van der Waals surface area contributed by atoms with E-state index in [1.54, 1.807) is 6.92 Å². The molecule has 0 N–H and O–H groups in total. The average Bonchev–Trinajstić information content (AvgIpc) is 2.35. The molecular weight excluding hydrogens is 268 g/mol. The lowest BCUT2D eigenvalue weighted by Crippen LogP contribution is -2.17. The second kappa shape index (κ2) is 5.22. The fourth-order valence-corrected chi connectivity index (χ4v) is 3.04. The Hall–Kier alpha value is -1.63. The second-order valence-electron chi connectivity index (χ2n) is 8.43. The van der Waals surface area contributed by atoms with Crippen LogP contribution in [-0.2, 0) is 10.8 Å². The summed E-state index contributed by atoms with van der Waals surface area (Å²) < 4.78 is 0. The smallest absolute Gasteiger partial charge is 0.160 e. The van der Waals surface area contributed by atoms with Crippen molar-refractivity contribution in [2.75, 3.05) is 0 Å². The minimum absolute atomic E-state index is 0.0390. The van der Waals surface area contributed by atoms with Crippen molar-refractivity contribution in [1.82, 2.24) is 0 Å². The Morgan fingerprint density at radius 3 is 1.91 bits per heavy atom. The zero-order chi connectivity index (χ0) is 16.9. The van der Waals surface area contributed by atoms with Gasteiger partial charge in [-0.2, -0.15) is 0 Å². The van der Waals surface area contributed by atoms with Gasteiger partial charge in [-0.1, -0.05) is 65.8 Å². The zero-order valence-corrected chi connectivity index (χ0v) is 15.2. The van der Waals surface area contributed by atoms with Crippen LogP contribution >= 0.6 is 0 Å². The second-order valence-corrected chi connectivity index (χ2v) is 8.43. The van der Waals surface area contributed by atoms with Crippen LogP contribution in [0.15, 0.2) is 24.3 Å². The molecule has 0 saturated carbocycles. The van der Waals surface area contributed by atoms with Gasteiger partial charge in [0.2, 0.25) is 0 Å². The lowest BCUT2D eigenvalue weighted by molar-refractivity contribution is 0.101. The maximum atomic E-state index is 12.3. The summed E-state index contributed by atoms with van der Waals surface area (Å²) >= 11 is 0. The molecule has 0 radical (unpaired) electrons. The van der Waals surface area contributed by atoms with Crippen LogP contribution in [0.4, 0.5) is 0 Å². The minimum Gasteiger partial charge on any atom is -0.294 e. The van der Waals surface area contributed by atoms with Crippen LogP contribution in [0.2, 0.25) is 0 Å². The highest BCUT2D eigenvalue weighted by molar-refractivity contribution is 6.09. The Bertz CT molecular complexity index is 737. The Morgan fingerprint density at radius 1 is 0.864 bits per heavy atom. The molecule has 0 aliphatic heterocycles. The van der Waals surface area contributed by atoms with Gasteiger partial charge in [-0.25, -0.2) is 0 Å². The molecule has 2 aromatic carbocycles. The predicted octanol–water partition coefficient (Wildman–Crippen LogP) is 5.95. The number of carbonyl (C=O) groups is 1. The molecule has 1 heteroatoms. The number of Topliss-reactive ketones (excluding diaryl/α,β-unsaturated/α-hetero) is 1. The maximum absolute atomic E-state index is 12.3. The lowest BCUT2D eigenvalue weighted by atomic mass is 9.78. The minimum atomic E-state index is -0.0390. The fraction of sp³-hybridized carbons (Fsp3) is 0.476. The van der Waals surface area contributed by atoms with Gasteiger partial charge in [-0.15, -0.1) is 0 Å². The molecule has 22 heavy (non-hydrogen) atoms. The largest absolute Gasteiger partial charge is 0.294 e. The summed E-state index contributed by atoms with van der Waals surface area (Å²) in [6.07, 6.45) is 0.